The second-order valence-electron chi connectivity index (χ2n) is 7.70. The van der Waals surface area contributed by atoms with Gasteiger partial charge < -0.3 is 14.8 Å². The third-order valence-electron chi connectivity index (χ3n) is 4.27. The summed E-state index contributed by atoms with van der Waals surface area (Å²) in [6.07, 6.45) is 1.48. The van der Waals surface area contributed by atoms with E-state index in [1.165, 1.54) is 6.42 Å². The molecule has 0 radical (unpaired) electrons. The van der Waals surface area contributed by atoms with E-state index < -0.39 is 0 Å². The second-order valence-corrected chi connectivity index (χ2v) is 7.70. The van der Waals surface area contributed by atoms with Gasteiger partial charge in [0.25, 0.3) is 0 Å². The quantitative estimate of drug-likeness (QED) is 0.836. The molecule has 0 amide bonds. The third kappa shape index (κ3) is 4.42. The van der Waals surface area contributed by atoms with Crippen molar-refractivity contribution in [2.75, 3.05) is 39.4 Å². The van der Waals surface area contributed by atoms with Crippen LogP contribution in [0.5, 0.6) is 0 Å². The summed E-state index contributed by atoms with van der Waals surface area (Å²) in [4.78, 5) is 2.57. The van der Waals surface area contributed by atoms with E-state index >= 15 is 0 Å². The van der Waals surface area contributed by atoms with E-state index in [-0.39, 0.29) is 11.0 Å². The van der Waals surface area contributed by atoms with Crippen molar-refractivity contribution in [3.05, 3.63) is 0 Å². The minimum absolute atomic E-state index is 0.0379. The van der Waals surface area contributed by atoms with Crippen molar-refractivity contribution in [2.45, 2.75) is 58.8 Å². The maximum absolute atomic E-state index is 6.01. The Labute approximate surface area is 124 Å². The van der Waals surface area contributed by atoms with Gasteiger partial charge in [-0.1, -0.05) is 13.8 Å². The predicted molar refractivity (Wildman–Crippen MR) is 82.1 cm³/mol. The van der Waals surface area contributed by atoms with Crippen LogP contribution in [0, 0.1) is 5.41 Å². The molecule has 2 atom stereocenters. The molecule has 0 spiro atoms. The van der Waals surface area contributed by atoms with Crippen LogP contribution in [0.15, 0.2) is 0 Å². The van der Waals surface area contributed by atoms with Crippen LogP contribution in [0.1, 0.15) is 41.0 Å². The molecule has 2 fully saturated rings. The van der Waals surface area contributed by atoms with Crippen molar-refractivity contribution in [1.29, 1.82) is 0 Å². The zero-order valence-electron chi connectivity index (χ0n) is 13.9. The molecule has 4 nitrogen and oxygen atoms in total. The van der Waals surface area contributed by atoms with Crippen molar-refractivity contribution in [1.82, 2.24) is 10.2 Å². The SMILES string of the molecule is CC(C)NCC1(CN2CC(C)OC(C)(C)C2)CCOC1. The van der Waals surface area contributed by atoms with Gasteiger partial charge in [0.15, 0.2) is 0 Å². The van der Waals surface area contributed by atoms with Gasteiger partial charge in [-0.2, -0.15) is 0 Å². The Hall–Kier alpha value is -0.160. The van der Waals surface area contributed by atoms with Crippen LogP contribution in [0.25, 0.3) is 0 Å². The number of hydrogen-bond donors (Lipinski definition) is 1. The van der Waals surface area contributed by atoms with Crippen LogP contribution in [-0.4, -0.2) is 62.0 Å². The van der Waals surface area contributed by atoms with Gasteiger partial charge >= 0.3 is 0 Å². The molecule has 2 heterocycles. The number of nitrogens with zero attached hydrogens (tertiary/aromatic N) is 1. The number of hydrogen-bond acceptors (Lipinski definition) is 4. The predicted octanol–water partition coefficient (Wildman–Crippen LogP) is 1.89. The average Bonchev–Trinajstić information content (AvgIpc) is 2.72. The maximum atomic E-state index is 6.01. The van der Waals surface area contributed by atoms with Crippen LogP contribution < -0.4 is 5.32 Å². The van der Waals surface area contributed by atoms with Gasteiger partial charge in [-0.3, -0.25) is 4.90 Å². The van der Waals surface area contributed by atoms with E-state index in [0.29, 0.717) is 12.1 Å². The first-order valence-electron chi connectivity index (χ1n) is 8.02. The number of rotatable bonds is 5. The molecule has 118 valence electrons. The fourth-order valence-electron chi connectivity index (χ4n) is 3.57. The van der Waals surface area contributed by atoms with Crippen molar-refractivity contribution in [2.24, 2.45) is 5.41 Å². The fourth-order valence-corrected chi connectivity index (χ4v) is 3.57. The van der Waals surface area contributed by atoms with E-state index in [1.807, 2.05) is 0 Å². The summed E-state index contributed by atoms with van der Waals surface area (Å²) in [5.74, 6) is 0. The number of morpholine rings is 1. The Morgan fingerprint density at radius 1 is 1.35 bits per heavy atom. The van der Waals surface area contributed by atoms with E-state index in [2.05, 4.69) is 44.8 Å². The molecular weight excluding hydrogens is 252 g/mol. The summed E-state index contributed by atoms with van der Waals surface area (Å²) in [7, 11) is 0. The van der Waals surface area contributed by atoms with Gasteiger partial charge in [-0.05, 0) is 27.2 Å². The molecule has 2 saturated heterocycles. The zero-order valence-corrected chi connectivity index (χ0v) is 13.9. The molecule has 0 aromatic rings. The molecule has 2 rings (SSSR count). The Bertz CT molecular complexity index is 312. The van der Waals surface area contributed by atoms with Crippen molar-refractivity contribution >= 4 is 0 Å². The highest BCUT2D eigenvalue weighted by molar-refractivity contribution is 4.92. The molecule has 2 aliphatic rings. The molecule has 0 saturated carbocycles. The topological polar surface area (TPSA) is 33.7 Å². The fraction of sp³-hybridized carbons (Fsp3) is 1.00. The largest absolute Gasteiger partial charge is 0.381 e. The monoisotopic (exact) mass is 284 g/mol. The van der Waals surface area contributed by atoms with Crippen LogP contribution in [0.2, 0.25) is 0 Å². The van der Waals surface area contributed by atoms with Crippen LogP contribution in [0.3, 0.4) is 0 Å². The third-order valence-corrected chi connectivity index (χ3v) is 4.27. The Morgan fingerprint density at radius 3 is 2.65 bits per heavy atom. The number of nitrogens with one attached hydrogen (secondary N) is 1. The van der Waals surface area contributed by atoms with Crippen LogP contribution in [0.4, 0.5) is 0 Å². The smallest absolute Gasteiger partial charge is 0.0757 e. The van der Waals surface area contributed by atoms with E-state index in [9.17, 15) is 0 Å². The molecule has 20 heavy (non-hydrogen) atoms. The second kappa shape index (κ2) is 6.30. The first kappa shape index (κ1) is 16.2. The van der Waals surface area contributed by atoms with Gasteiger partial charge in [0.1, 0.15) is 0 Å². The summed E-state index contributed by atoms with van der Waals surface area (Å²) in [6, 6.07) is 0.535. The van der Waals surface area contributed by atoms with E-state index in [4.69, 9.17) is 9.47 Å². The standard InChI is InChI=1S/C16H32N2O2/c1-13(2)17-9-16(6-7-19-12-16)11-18-8-14(3)20-15(4,5)10-18/h13-14,17H,6-12H2,1-5H3. The van der Waals surface area contributed by atoms with Crippen LogP contribution in [-0.2, 0) is 9.47 Å². The van der Waals surface area contributed by atoms with Crippen molar-refractivity contribution in [3.63, 3.8) is 0 Å². The molecule has 0 bridgehead atoms. The summed E-state index contributed by atoms with van der Waals surface area (Å²) >= 11 is 0. The van der Waals surface area contributed by atoms with Gasteiger partial charge in [0, 0.05) is 44.2 Å². The first-order valence-corrected chi connectivity index (χ1v) is 8.02. The Balaban J connectivity index is 1.97. The summed E-state index contributed by atoms with van der Waals surface area (Å²) < 4.78 is 11.7. The molecule has 2 unspecified atom stereocenters. The lowest BCUT2D eigenvalue weighted by Crippen LogP contribution is -2.56. The minimum atomic E-state index is -0.0379. The van der Waals surface area contributed by atoms with Gasteiger partial charge in [0.2, 0.25) is 0 Å². The molecule has 0 aliphatic carbocycles. The van der Waals surface area contributed by atoms with E-state index in [0.717, 1.165) is 39.4 Å². The van der Waals surface area contributed by atoms with Gasteiger partial charge in [-0.15, -0.1) is 0 Å². The lowest BCUT2D eigenvalue weighted by molar-refractivity contribution is -0.135. The minimum Gasteiger partial charge on any atom is -0.381 e. The Kier molecular flexibility index (Phi) is 5.11. The van der Waals surface area contributed by atoms with E-state index in [1.54, 1.807) is 0 Å². The number of ether oxygens (including phenoxy) is 2. The normalized spacial score (nSPS) is 34.8. The highest BCUT2D eigenvalue weighted by atomic mass is 16.5. The van der Waals surface area contributed by atoms with Gasteiger partial charge in [0.05, 0.1) is 18.3 Å². The Morgan fingerprint density at radius 2 is 2.10 bits per heavy atom. The van der Waals surface area contributed by atoms with Crippen molar-refractivity contribution in [3.8, 4) is 0 Å². The summed E-state index contributed by atoms with van der Waals surface area (Å²) in [5, 5.41) is 3.61. The molecule has 1 N–H and O–H groups in total. The average molecular weight is 284 g/mol. The maximum Gasteiger partial charge on any atom is 0.0757 e. The zero-order chi connectivity index (χ0) is 14.8. The molecule has 0 aromatic carbocycles. The highest BCUT2D eigenvalue weighted by Crippen LogP contribution is 2.31. The molecule has 0 aromatic heterocycles. The first-order chi connectivity index (χ1) is 9.30. The highest BCUT2D eigenvalue weighted by Gasteiger charge is 2.40. The molecule has 4 heteroatoms. The van der Waals surface area contributed by atoms with Crippen molar-refractivity contribution < 1.29 is 9.47 Å². The van der Waals surface area contributed by atoms with Gasteiger partial charge in [-0.25, -0.2) is 0 Å². The molecule has 2 aliphatic heterocycles. The lowest BCUT2D eigenvalue weighted by Gasteiger charge is -2.45. The molecular formula is C16H32N2O2. The lowest BCUT2D eigenvalue weighted by atomic mass is 9.85. The summed E-state index contributed by atoms with van der Waals surface area (Å²) in [6.45, 7) is 17.0. The summed E-state index contributed by atoms with van der Waals surface area (Å²) in [5.41, 5.74) is 0.237. The van der Waals surface area contributed by atoms with Crippen LogP contribution >= 0.6 is 0 Å².